The molecule has 0 saturated heterocycles. The van der Waals surface area contributed by atoms with Crippen LogP contribution in [0.5, 0.6) is 0 Å². The summed E-state index contributed by atoms with van der Waals surface area (Å²) in [5, 5.41) is 13.5. The summed E-state index contributed by atoms with van der Waals surface area (Å²) in [6, 6.07) is 9.76. The van der Waals surface area contributed by atoms with E-state index in [0.29, 0.717) is 31.2 Å². The molecule has 2 amide bonds. The summed E-state index contributed by atoms with van der Waals surface area (Å²) in [6.07, 6.45) is 2.04. The monoisotopic (exact) mass is 331 g/mol. The van der Waals surface area contributed by atoms with E-state index in [1.54, 1.807) is 30.3 Å². The molecule has 1 rings (SSSR count). The Bertz CT molecular complexity index is 596. The fourth-order valence-corrected chi connectivity index (χ4v) is 2.04. The molecule has 0 radical (unpaired) electrons. The highest BCUT2D eigenvalue weighted by molar-refractivity contribution is 5.96. The highest BCUT2D eigenvalue weighted by Gasteiger charge is 2.21. The molecule has 24 heavy (non-hydrogen) atoms. The number of nitrogens with zero attached hydrogens (tertiary/aromatic N) is 1. The second kappa shape index (κ2) is 10.8. The fourth-order valence-electron chi connectivity index (χ4n) is 2.04. The number of ether oxygens (including phenoxy) is 1. The van der Waals surface area contributed by atoms with E-state index in [4.69, 9.17) is 5.26 Å². The minimum absolute atomic E-state index is 0.237. The van der Waals surface area contributed by atoms with Crippen molar-refractivity contribution >= 4 is 17.8 Å². The van der Waals surface area contributed by atoms with Crippen LogP contribution >= 0.6 is 0 Å². The van der Waals surface area contributed by atoms with Gasteiger partial charge in [0.1, 0.15) is 6.04 Å². The minimum Gasteiger partial charge on any atom is -0.467 e. The van der Waals surface area contributed by atoms with E-state index in [1.807, 2.05) is 6.07 Å². The largest absolute Gasteiger partial charge is 0.467 e. The molecule has 0 bridgehead atoms. The lowest BCUT2D eigenvalue weighted by Crippen LogP contribution is -2.46. The number of nitrogens with one attached hydrogen (secondary N) is 2. The van der Waals surface area contributed by atoms with Gasteiger partial charge in [0.05, 0.1) is 19.7 Å². The third-order valence-corrected chi connectivity index (χ3v) is 3.30. The Morgan fingerprint density at radius 3 is 2.54 bits per heavy atom. The zero-order valence-corrected chi connectivity index (χ0v) is 13.6. The lowest BCUT2D eigenvalue weighted by atomic mass is 10.1. The number of rotatable bonds is 9. The highest BCUT2D eigenvalue weighted by Crippen LogP contribution is 2.05. The normalized spacial score (nSPS) is 11.0. The number of carbonyl (C=O) groups is 3. The molecule has 0 aliphatic carbocycles. The second-order valence-electron chi connectivity index (χ2n) is 5.10. The van der Waals surface area contributed by atoms with Crippen LogP contribution in [-0.2, 0) is 14.3 Å². The standard InChI is InChI=1S/C17H21N3O4/c1-24-17(23)14(10-6-3-7-11-18)20-15(21)12-19-16(22)13-8-4-2-5-9-13/h2,4-5,8-9,14H,3,6-7,10,12H2,1H3,(H,19,22)(H,20,21)/t14-/m1/s1. The highest BCUT2D eigenvalue weighted by atomic mass is 16.5. The smallest absolute Gasteiger partial charge is 0.328 e. The first-order valence-electron chi connectivity index (χ1n) is 7.66. The topological polar surface area (TPSA) is 108 Å². The summed E-state index contributed by atoms with van der Waals surface area (Å²) >= 11 is 0. The van der Waals surface area contributed by atoms with Crippen LogP contribution in [0.25, 0.3) is 0 Å². The summed E-state index contributed by atoms with van der Waals surface area (Å²) in [5.74, 6) is -1.39. The minimum atomic E-state index is -0.783. The molecule has 1 atom stereocenters. The second-order valence-corrected chi connectivity index (χ2v) is 5.10. The van der Waals surface area contributed by atoms with Gasteiger partial charge in [0.15, 0.2) is 0 Å². The molecule has 2 N–H and O–H groups in total. The van der Waals surface area contributed by atoms with Crippen molar-refractivity contribution in [1.29, 1.82) is 5.26 Å². The molecule has 0 aromatic heterocycles. The molecule has 0 fully saturated rings. The number of hydrogen-bond donors (Lipinski definition) is 2. The van der Waals surface area contributed by atoms with Crippen LogP contribution in [0, 0.1) is 11.3 Å². The van der Waals surface area contributed by atoms with Crippen molar-refractivity contribution < 1.29 is 19.1 Å². The van der Waals surface area contributed by atoms with Gasteiger partial charge in [-0.05, 0) is 31.4 Å². The third-order valence-electron chi connectivity index (χ3n) is 3.30. The zero-order valence-electron chi connectivity index (χ0n) is 13.6. The molecule has 1 aromatic carbocycles. The predicted molar refractivity (Wildman–Crippen MR) is 86.8 cm³/mol. The number of nitriles is 1. The molecule has 0 spiro atoms. The fraction of sp³-hybridized carbons (Fsp3) is 0.412. The first kappa shape index (κ1) is 19.2. The van der Waals surface area contributed by atoms with Crippen molar-refractivity contribution in [3.63, 3.8) is 0 Å². The summed E-state index contributed by atoms with van der Waals surface area (Å²) in [6.45, 7) is -0.237. The van der Waals surface area contributed by atoms with Crippen molar-refractivity contribution in [1.82, 2.24) is 10.6 Å². The number of esters is 1. The van der Waals surface area contributed by atoms with Gasteiger partial charge < -0.3 is 15.4 Å². The van der Waals surface area contributed by atoms with Crippen molar-refractivity contribution in [2.24, 2.45) is 0 Å². The zero-order chi connectivity index (χ0) is 17.8. The van der Waals surface area contributed by atoms with Gasteiger partial charge in [-0.3, -0.25) is 9.59 Å². The van der Waals surface area contributed by atoms with Gasteiger partial charge in [-0.1, -0.05) is 18.2 Å². The Morgan fingerprint density at radius 2 is 1.92 bits per heavy atom. The Balaban J connectivity index is 2.45. The molecule has 7 heteroatoms. The van der Waals surface area contributed by atoms with E-state index < -0.39 is 17.9 Å². The quantitative estimate of drug-likeness (QED) is 0.521. The molecular formula is C17H21N3O4. The first-order valence-corrected chi connectivity index (χ1v) is 7.66. The van der Waals surface area contributed by atoms with E-state index >= 15 is 0 Å². The molecule has 1 aromatic rings. The molecule has 0 saturated carbocycles. The summed E-state index contributed by atoms with van der Waals surface area (Å²) in [7, 11) is 1.24. The van der Waals surface area contributed by atoms with E-state index in [2.05, 4.69) is 15.4 Å². The maximum absolute atomic E-state index is 11.9. The molecule has 128 valence electrons. The van der Waals surface area contributed by atoms with Crippen LogP contribution in [0.1, 0.15) is 36.0 Å². The molecule has 0 aliphatic rings. The van der Waals surface area contributed by atoms with Gasteiger partial charge in [-0.2, -0.15) is 5.26 Å². The van der Waals surface area contributed by atoms with E-state index in [-0.39, 0.29) is 12.5 Å². The molecule has 0 heterocycles. The van der Waals surface area contributed by atoms with E-state index in [0.717, 1.165) is 0 Å². The van der Waals surface area contributed by atoms with Gasteiger partial charge in [0, 0.05) is 12.0 Å². The van der Waals surface area contributed by atoms with Crippen LogP contribution in [0.3, 0.4) is 0 Å². The number of unbranched alkanes of at least 4 members (excludes halogenated alkanes) is 2. The SMILES string of the molecule is COC(=O)[C@@H](CCCCC#N)NC(=O)CNC(=O)c1ccccc1. The van der Waals surface area contributed by atoms with E-state index in [9.17, 15) is 14.4 Å². The van der Waals surface area contributed by atoms with Gasteiger partial charge in [-0.15, -0.1) is 0 Å². The van der Waals surface area contributed by atoms with Gasteiger partial charge in [-0.25, -0.2) is 4.79 Å². The van der Waals surface area contributed by atoms with Crippen LogP contribution in [0.15, 0.2) is 30.3 Å². The van der Waals surface area contributed by atoms with Crippen molar-refractivity contribution in [2.75, 3.05) is 13.7 Å². The predicted octanol–water partition coefficient (Wildman–Crippen LogP) is 1.16. The summed E-state index contributed by atoms with van der Waals surface area (Å²) < 4.78 is 4.66. The summed E-state index contributed by atoms with van der Waals surface area (Å²) in [5.41, 5.74) is 0.450. The van der Waals surface area contributed by atoms with Gasteiger partial charge in [0.2, 0.25) is 5.91 Å². The Kier molecular flexibility index (Phi) is 8.61. The number of carbonyl (C=O) groups excluding carboxylic acids is 3. The lowest BCUT2D eigenvalue weighted by molar-refractivity contribution is -0.145. The van der Waals surface area contributed by atoms with Crippen LogP contribution in [0.4, 0.5) is 0 Å². The third kappa shape index (κ3) is 6.92. The maximum atomic E-state index is 11.9. The van der Waals surface area contributed by atoms with Gasteiger partial charge >= 0.3 is 5.97 Å². The average molecular weight is 331 g/mol. The summed E-state index contributed by atoms with van der Waals surface area (Å²) in [4.78, 5) is 35.4. The average Bonchev–Trinajstić information content (AvgIpc) is 2.62. The lowest BCUT2D eigenvalue weighted by Gasteiger charge is -2.16. The van der Waals surface area contributed by atoms with Crippen molar-refractivity contribution in [2.45, 2.75) is 31.7 Å². The van der Waals surface area contributed by atoms with E-state index in [1.165, 1.54) is 7.11 Å². The molecule has 7 nitrogen and oxygen atoms in total. The van der Waals surface area contributed by atoms with Crippen LogP contribution < -0.4 is 10.6 Å². The molecular weight excluding hydrogens is 310 g/mol. The number of methoxy groups -OCH3 is 1. The Morgan fingerprint density at radius 1 is 1.21 bits per heavy atom. The molecule has 0 aliphatic heterocycles. The van der Waals surface area contributed by atoms with Crippen molar-refractivity contribution in [3.05, 3.63) is 35.9 Å². The van der Waals surface area contributed by atoms with Crippen LogP contribution in [0.2, 0.25) is 0 Å². The Hall–Kier alpha value is -2.88. The first-order chi connectivity index (χ1) is 11.6. The van der Waals surface area contributed by atoms with Gasteiger partial charge in [0.25, 0.3) is 5.91 Å². The van der Waals surface area contributed by atoms with Crippen LogP contribution in [-0.4, -0.2) is 37.5 Å². The number of amides is 2. The maximum Gasteiger partial charge on any atom is 0.328 e. The molecule has 0 unspecified atom stereocenters. The number of hydrogen-bond acceptors (Lipinski definition) is 5. The number of benzene rings is 1. The Labute approximate surface area is 141 Å². The van der Waals surface area contributed by atoms with Crippen molar-refractivity contribution in [3.8, 4) is 6.07 Å².